The zero-order chi connectivity index (χ0) is 11.8. The SMILES string of the molecule is CC(=O)C1(C)CCC2=C(CCCCC2)C1C. The Morgan fingerprint density at radius 2 is 1.88 bits per heavy atom. The molecule has 0 amide bonds. The van der Waals surface area contributed by atoms with Crippen molar-refractivity contribution in [3.63, 3.8) is 0 Å². The van der Waals surface area contributed by atoms with Gasteiger partial charge < -0.3 is 0 Å². The van der Waals surface area contributed by atoms with Gasteiger partial charge in [0.1, 0.15) is 5.78 Å². The lowest BCUT2D eigenvalue weighted by molar-refractivity contribution is -0.128. The predicted molar refractivity (Wildman–Crippen MR) is 67.3 cm³/mol. The first-order chi connectivity index (χ1) is 7.55. The third-order valence-corrected chi connectivity index (χ3v) is 5.11. The fourth-order valence-electron chi connectivity index (χ4n) is 3.47. The van der Waals surface area contributed by atoms with E-state index in [4.69, 9.17) is 0 Å². The van der Waals surface area contributed by atoms with E-state index in [1.807, 2.05) is 0 Å². The molecule has 90 valence electrons. The van der Waals surface area contributed by atoms with Gasteiger partial charge in [0, 0.05) is 5.41 Å². The van der Waals surface area contributed by atoms with Gasteiger partial charge in [-0.05, 0) is 51.4 Å². The molecule has 1 nitrogen and oxygen atoms in total. The second-order valence-electron chi connectivity index (χ2n) is 5.88. The van der Waals surface area contributed by atoms with E-state index in [1.54, 1.807) is 18.1 Å². The minimum Gasteiger partial charge on any atom is -0.299 e. The normalized spacial score (nSPS) is 35.6. The van der Waals surface area contributed by atoms with Crippen molar-refractivity contribution in [2.45, 2.75) is 65.7 Å². The Hall–Kier alpha value is -0.590. The van der Waals surface area contributed by atoms with Crippen molar-refractivity contribution < 1.29 is 4.79 Å². The lowest BCUT2D eigenvalue weighted by Gasteiger charge is -2.40. The van der Waals surface area contributed by atoms with Gasteiger partial charge in [0.2, 0.25) is 0 Å². The number of ketones is 1. The molecule has 0 aromatic carbocycles. The maximum Gasteiger partial charge on any atom is 0.136 e. The van der Waals surface area contributed by atoms with Crippen molar-refractivity contribution in [3.8, 4) is 0 Å². The third kappa shape index (κ3) is 1.85. The van der Waals surface area contributed by atoms with Crippen molar-refractivity contribution in [1.29, 1.82) is 0 Å². The van der Waals surface area contributed by atoms with E-state index in [9.17, 15) is 4.79 Å². The monoisotopic (exact) mass is 220 g/mol. The summed E-state index contributed by atoms with van der Waals surface area (Å²) in [4.78, 5) is 11.9. The second-order valence-corrected chi connectivity index (χ2v) is 5.88. The first-order valence-corrected chi connectivity index (χ1v) is 6.77. The Morgan fingerprint density at radius 1 is 1.19 bits per heavy atom. The molecule has 0 heterocycles. The molecule has 0 spiro atoms. The molecular formula is C15H24O. The number of carbonyl (C=O) groups is 1. The van der Waals surface area contributed by atoms with Crippen LogP contribution < -0.4 is 0 Å². The van der Waals surface area contributed by atoms with Gasteiger partial charge in [0.15, 0.2) is 0 Å². The lowest BCUT2D eigenvalue weighted by Crippen LogP contribution is -2.37. The summed E-state index contributed by atoms with van der Waals surface area (Å²) in [7, 11) is 0. The van der Waals surface area contributed by atoms with Crippen molar-refractivity contribution in [2.24, 2.45) is 11.3 Å². The number of carbonyl (C=O) groups excluding carboxylic acids is 1. The van der Waals surface area contributed by atoms with Crippen LogP contribution in [0.15, 0.2) is 11.1 Å². The number of Topliss-reactive ketones (excluding diaryl/α,β-unsaturated/α-hetero) is 1. The molecule has 0 fully saturated rings. The predicted octanol–water partition coefficient (Wildman–Crippen LogP) is 4.27. The molecule has 2 atom stereocenters. The summed E-state index contributed by atoms with van der Waals surface area (Å²) in [6, 6.07) is 0. The van der Waals surface area contributed by atoms with E-state index in [2.05, 4.69) is 13.8 Å². The molecule has 0 aromatic heterocycles. The Kier molecular flexibility index (Phi) is 3.23. The molecule has 2 aliphatic carbocycles. The van der Waals surface area contributed by atoms with Gasteiger partial charge in [-0.2, -0.15) is 0 Å². The number of hydrogen-bond acceptors (Lipinski definition) is 1. The van der Waals surface area contributed by atoms with Crippen LogP contribution in [0, 0.1) is 11.3 Å². The maximum atomic E-state index is 11.9. The highest BCUT2D eigenvalue weighted by atomic mass is 16.1. The van der Waals surface area contributed by atoms with Crippen LogP contribution in [0.2, 0.25) is 0 Å². The molecule has 0 aliphatic heterocycles. The highest BCUT2D eigenvalue weighted by molar-refractivity contribution is 5.83. The van der Waals surface area contributed by atoms with E-state index in [1.165, 1.54) is 38.5 Å². The van der Waals surface area contributed by atoms with E-state index in [0.29, 0.717) is 11.7 Å². The minimum absolute atomic E-state index is 0.0802. The maximum absolute atomic E-state index is 11.9. The third-order valence-electron chi connectivity index (χ3n) is 5.11. The summed E-state index contributed by atoms with van der Waals surface area (Å²) in [5.41, 5.74) is 3.26. The largest absolute Gasteiger partial charge is 0.299 e. The van der Waals surface area contributed by atoms with Gasteiger partial charge in [0.25, 0.3) is 0 Å². The van der Waals surface area contributed by atoms with Gasteiger partial charge in [0.05, 0.1) is 0 Å². The van der Waals surface area contributed by atoms with Crippen LogP contribution in [0.5, 0.6) is 0 Å². The molecule has 0 aromatic rings. The van der Waals surface area contributed by atoms with Crippen molar-refractivity contribution >= 4 is 5.78 Å². The van der Waals surface area contributed by atoms with Gasteiger partial charge in [-0.25, -0.2) is 0 Å². The van der Waals surface area contributed by atoms with Crippen LogP contribution in [0.3, 0.4) is 0 Å². The highest BCUT2D eigenvalue weighted by Gasteiger charge is 2.41. The molecule has 2 rings (SSSR count). The van der Waals surface area contributed by atoms with Crippen LogP contribution >= 0.6 is 0 Å². The zero-order valence-corrected chi connectivity index (χ0v) is 10.9. The molecule has 0 bridgehead atoms. The molecule has 0 N–H and O–H groups in total. The first-order valence-electron chi connectivity index (χ1n) is 6.77. The van der Waals surface area contributed by atoms with Crippen LogP contribution in [-0.4, -0.2) is 5.78 Å². The molecule has 0 saturated heterocycles. The summed E-state index contributed by atoms with van der Waals surface area (Å²) in [6.45, 7) is 6.23. The number of hydrogen-bond donors (Lipinski definition) is 0. The minimum atomic E-state index is -0.0802. The summed E-state index contributed by atoms with van der Waals surface area (Å²) in [5, 5.41) is 0. The molecule has 1 heteroatoms. The summed E-state index contributed by atoms with van der Waals surface area (Å²) in [6.07, 6.45) is 8.86. The average Bonchev–Trinajstić information content (AvgIpc) is 2.48. The standard InChI is InChI=1S/C15H24O/c1-11-14-8-6-4-5-7-13(14)9-10-15(11,3)12(2)16/h11H,4-10H2,1-3H3. The molecular weight excluding hydrogens is 196 g/mol. The van der Waals surface area contributed by atoms with Gasteiger partial charge in [-0.3, -0.25) is 4.79 Å². The van der Waals surface area contributed by atoms with E-state index >= 15 is 0 Å². The fraction of sp³-hybridized carbons (Fsp3) is 0.800. The second kappa shape index (κ2) is 4.35. The first kappa shape index (κ1) is 11.9. The Balaban J connectivity index is 2.30. The van der Waals surface area contributed by atoms with Crippen molar-refractivity contribution in [2.75, 3.05) is 0 Å². The molecule has 16 heavy (non-hydrogen) atoms. The number of rotatable bonds is 1. The zero-order valence-electron chi connectivity index (χ0n) is 10.9. The smallest absolute Gasteiger partial charge is 0.136 e. The molecule has 2 aliphatic rings. The average molecular weight is 220 g/mol. The lowest BCUT2D eigenvalue weighted by atomic mass is 9.63. The van der Waals surface area contributed by atoms with Gasteiger partial charge in [-0.15, -0.1) is 0 Å². The van der Waals surface area contributed by atoms with Gasteiger partial charge >= 0.3 is 0 Å². The Morgan fingerprint density at radius 3 is 2.56 bits per heavy atom. The highest BCUT2D eigenvalue weighted by Crippen LogP contribution is 2.48. The summed E-state index contributed by atoms with van der Waals surface area (Å²) in [5.74, 6) is 0.864. The van der Waals surface area contributed by atoms with Crippen LogP contribution in [0.4, 0.5) is 0 Å². The van der Waals surface area contributed by atoms with Crippen LogP contribution in [-0.2, 0) is 4.79 Å². The summed E-state index contributed by atoms with van der Waals surface area (Å²) >= 11 is 0. The topological polar surface area (TPSA) is 17.1 Å². The van der Waals surface area contributed by atoms with Crippen molar-refractivity contribution in [1.82, 2.24) is 0 Å². The quantitative estimate of drug-likeness (QED) is 0.603. The van der Waals surface area contributed by atoms with E-state index in [-0.39, 0.29) is 5.41 Å². The van der Waals surface area contributed by atoms with E-state index < -0.39 is 0 Å². The molecule has 0 saturated carbocycles. The Bertz CT molecular complexity index is 326. The van der Waals surface area contributed by atoms with Gasteiger partial charge in [-0.1, -0.05) is 31.4 Å². The Labute approximate surface area is 99.3 Å². The van der Waals surface area contributed by atoms with Crippen LogP contribution in [0.25, 0.3) is 0 Å². The fourth-order valence-corrected chi connectivity index (χ4v) is 3.47. The number of allylic oxidation sites excluding steroid dienone is 2. The van der Waals surface area contributed by atoms with Crippen LogP contribution in [0.1, 0.15) is 65.7 Å². The van der Waals surface area contributed by atoms with Crippen molar-refractivity contribution in [3.05, 3.63) is 11.1 Å². The van der Waals surface area contributed by atoms with E-state index in [0.717, 1.165) is 6.42 Å². The molecule has 0 radical (unpaired) electrons. The molecule has 2 unspecified atom stereocenters. The summed E-state index contributed by atoms with van der Waals surface area (Å²) < 4.78 is 0.